The SMILES string of the molecule is COc1cc2c(c(F)c1OCCCO)CN(C(=O)CCC(=O)O)C2. The summed E-state index contributed by atoms with van der Waals surface area (Å²) in [6, 6.07) is 1.62. The van der Waals surface area contributed by atoms with E-state index >= 15 is 0 Å². The van der Waals surface area contributed by atoms with Crippen LogP contribution < -0.4 is 9.47 Å². The fraction of sp³-hybridized carbons (Fsp3) is 0.500. The molecule has 0 radical (unpaired) electrons. The van der Waals surface area contributed by atoms with Gasteiger partial charge < -0.3 is 24.6 Å². The average Bonchev–Trinajstić information content (AvgIpc) is 2.99. The lowest BCUT2D eigenvalue weighted by Crippen LogP contribution is -2.25. The third kappa shape index (κ3) is 3.94. The number of carboxylic acid groups (broad SMARTS) is 1. The number of aliphatic carboxylic acids is 1. The van der Waals surface area contributed by atoms with Gasteiger partial charge in [-0.25, -0.2) is 4.39 Å². The van der Waals surface area contributed by atoms with E-state index in [-0.39, 0.29) is 56.6 Å². The zero-order valence-corrected chi connectivity index (χ0v) is 13.4. The molecule has 0 aliphatic carbocycles. The molecular weight excluding hydrogens is 321 g/mol. The van der Waals surface area contributed by atoms with Gasteiger partial charge in [0.25, 0.3) is 0 Å². The van der Waals surface area contributed by atoms with Crippen molar-refractivity contribution in [1.82, 2.24) is 4.90 Å². The van der Waals surface area contributed by atoms with Crippen molar-refractivity contribution in [3.63, 3.8) is 0 Å². The van der Waals surface area contributed by atoms with E-state index < -0.39 is 11.8 Å². The average molecular weight is 341 g/mol. The van der Waals surface area contributed by atoms with Crippen molar-refractivity contribution in [3.8, 4) is 11.5 Å². The number of carboxylic acids is 1. The van der Waals surface area contributed by atoms with Gasteiger partial charge in [-0.2, -0.15) is 0 Å². The maximum atomic E-state index is 14.7. The molecule has 1 aliphatic heterocycles. The number of aliphatic hydroxyl groups is 1. The monoisotopic (exact) mass is 341 g/mol. The van der Waals surface area contributed by atoms with Gasteiger partial charge in [0, 0.05) is 38.1 Å². The topological polar surface area (TPSA) is 96.3 Å². The van der Waals surface area contributed by atoms with E-state index in [4.69, 9.17) is 19.7 Å². The van der Waals surface area contributed by atoms with E-state index in [1.807, 2.05) is 0 Å². The smallest absolute Gasteiger partial charge is 0.303 e. The van der Waals surface area contributed by atoms with Gasteiger partial charge in [-0.15, -0.1) is 0 Å². The van der Waals surface area contributed by atoms with Gasteiger partial charge in [0.15, 0.2) is 17.3 Å². The molecule has 132 valence electrons. The first kappa shape index (κ1) is 18.0. The molecule has 8 heteroatoms. The van der Waals surface area contributed by atoms with Crippen LogP contribution in [-0.4, -0.2) is 47.3 Å². The predicted molar refractivity (Wildman–Crippen MR) is 81.3 cm³/mol. The minimum Gasteiger partial charge on any atom is -0.493 e. The molecule has 1 aliphatic rings. The third-order valence-corrected chi connectivity index (χ3v) is 3.77. The largest absolute Gasteiger partial charge is 0.493 e. The van der Waals surface area contributed by atoms with E-state index in [0.29, 0.717) is 17.5 Å². The van der Waals surface area contributed by atoms with Crippen molar-refractivity contribution >= 4 is 11.9 Å². The fourth-order valence-electron chi connectivity index (χ4n) is 2.53. The molecule has 24 heavy (non-hydrogen) atoms. The van der Waals surface area contributed by atoms with Crippen LogP contribution in [0, 0.1) is 5.82 Å². The molecular formula is C16H20FNO6. The molecule has 7 nitrogen and oxygen atoms in total. The van der Waals surface area contributed by atoms with Crippen LogP contribution in [-0.2, 0) is 22.7 Å². The first-order chi connectivity index (χ1) is 11.5. The lowest BCUT2D eigenvalue weighted by atomic mass is 10.1. The maximum Gasteiger partial charge on any atom is 0.303 e. The first-order valence-electron chi connectivity index (χ1n) is 7.59. The number of carbonyl (C=O) groups is 2. The number of rotatable bonds is 8. The highest BCUT2D eigenvalue weighted by Gasteiger charge is 2.30. The molecule has 1 aromatic carbocycles. The van der Waals surface area contributed by atoms with E-state index in [0.717, 1.165) is 0 Å². The Balaban J connectivity index is 2.17. The molecule has 0 atom stereocenters. The second-order valence-corrected chi connectivity index (χ2v) is 5.43. The second kappa shape index (κ2) is 7.96. The van der Waals surface area contributed by atoms with E-state index in [1.165, 1.54) is 12.0 Å². The van der Waals surface area contributed by atoms with Crippen molar-refractivity contribution in [2.45, 2.75) is 32.4 Å². The summed E-state index contributed by atoms with van der Waals surface area (Å²) >= 11 is 0. The van der Waals surface area contributed by atoms with E-state index in [9.17, 15) is 14.0 Å². The molecule has 0 bridgehead atoms. The number of hydrogen-bond acceptors (Lipinski definition) is 5. The predicted octanol–water partition coefficient (Wildman–Crippen LogP) is 1.30. The fourth-order valence-corrected chi connectivity index (χ4v) is 2.53. The van der Waals surface area contributed by atoms with Gasteiger partial charge >= 0.3 is 5.97 Å². The third-order valence-electron chi connectivity index (χ3n) is 3.77. The summed E-state index contributed by atoms with van der Waals surface area (Å²) in [5.41, 5.74) is 0.959. The van der Waals surface area contributed by atoms with Crippen molar-refractivity contribution in [1.29, 1.82) is 0 Å². The molecule has 0 saturated carbocycles. The van der Waals surface area contributed by atoms with Crippen LogP contribution >= 0.6 is 0 Å². The minimum atomic E-state index is -1.05. The maximum absolute atomic E-state index is 14.7. The van der Waals surface area contributed by atoms with Crippen LogP contribution in [0.2, 0.25) is 0 Å². The zero-order valence-electron chi connectivity index (χ0n) is 13.4. The van der Waals surface area contributed by atoms with Crippen molar-refractivity contribution in [2.75, 3.05) is 20.3 Å². The second-order valence-electron chi connectivity index (χ2n) is 5.43. The van der Waals surface area contributed by atoms with Crippen molar-refractivity contribution in [2.24, 2.45) is 0 Å². The van der Waals surface area contributed by atoms with Gasteiger partial charge in [0.05, 0.1) is 20.1 Å². The first-order valence-corrected chi connectivity index (χ1v) is 7.59. The number of methoxy groups -OCH3 is 1. The van der Waals surface area contributed by atoms with Crippen LogP contribution in [0.4, 0.5) is 4.39 Å². The Morgan fingerprint density at radius 2 is 2.08 bits per heavy atom. The Kier molecular flexibility index (Phi) is 5.97. The number of ether oxygens (including phenoxy) is 2. The Labute approximate surface area is 138 Å². The highest BCUT2D eigenvalue weighted by Crippen LogP contribution is 2.39. The summed E-state index contributed by atoms with van der Waals surface area (Å²) in [6.45, 7) is 0.350. The quantitative estimate of drug-likeness (QED) is 0.692. The highest BCUT2D eigenvalue weighted by atomic mass is 19.1. The van der Waals surface area contributed by atoms with Crippen molar-refractivity contribution < 1.29 is 33.7 Å². The molecule has 1 heterocycles. The van der Waals surface area contributed by atoms with Crippen LogP contribution in [0.5, 0.6) is 11.5 Å². The van der Waals surface area contributed by atoms with Crippen LogP contribution in [0.3, 0.4) is 0 Å². The molecule has 2 rings (SSSR count). The molecule has 1 amide bonds. The molecule has 0 fully saturated rings. The lowest BCUT2D eigenvalue weighted by molar-refractivity contribution is -0.141. The van der Waals surface area contributed by atoms with Gasteiger partial charge in [0.2, 0.25) is 5.91 Å². The molecule has 0 spiro atoms. The summed E-state index contributed by atoms with van der Waals surface area (Å²) in [5, 5.41) is 17.4. The Bertz CT molecular complexity index is 633. The molecule has 0 aromatic heterocycles. The van der Waals surface area contributed by atoms with Gasteiger partial charge in [0.1, 0.15) is 0 Å². The summed E-state index contributed by atoms with van der Waals surface area (Å²) < 4.78 is 25.2. The normalized spacial score (nSPS) is 12.9. The van der Waals surface area contributed by atoms with Gasteiger partial charge in [-0.3, -0.25) is 9.59 Å². The highest BCUT2D eigenvalue weighted by molar-refractivity contribution is 5.81. The number of carbonyl (C=O) groups excluding carboxylic acids is 1. The summed E-state index contributed by atoms with van der Waals surface area (Å²) in [7, 11) is 1.39. The number of hydrogen-bond donors (Lipinski definition) is 2. The zero-order chi connectivity index (χ0) is 17.7. The summed E-state index contributed by atoms with van der Waals surface area (Å²) in [5.74, 6) is -1.79. The number of benzene rings is 1. The summed E-state index contributed by atoms with van der Waals surface area (Å²) in [6.07, 6.45) is -0.0194. The molecule has 0 saturated heterocycles. The van der Waals surface area contributed by atoms with Crippen LogP contribution in [0.1, 0.15) is 30.4 Å². The number of halogens is 1. The van der Waals surface area contributed by atoms with E-state index in [1.54, 1.807) is 6.07 Å². The molecule has 0 unspecified atom stereocenters. The molecule has 1 aromatic rings. The number of fused-ring (bicyclic) bond motifs is 1. The van der Waals surface area contributed by atoms with Crippen LogP contribution in [0.25, 0.3) is 0 Å². The standard InChI is InChI=1S/C16H20FNO6/c1-23-12-7-10-8-18(13(20)3-4-14(21)22)9-11(10)15(17)16(12)24-6-2-5-19/h7,19H,2-6,8-9H2,1H3,(H,21,22). The number of nitrogens with zero attached hydrogens (tertiary/aromatic N) is 1. The van der Waals surface area contributed by atoms with Crippen LogP contribution in [0.15, 0.2) is 6.07 Å². The Morgan fingerprint density at radius 1 is 1.33 bits per heavy atom. The Morgan fingerprint density at radius 3 is 2.71 bits per heavy atom. The molecule has 2 N–H and O–H groups in total. The lowest BCUT2D eigenvalue weighted by Gasteiger charge is -2.14. The van der Waals surface area contributed by atoms with E-state index in [2.05, 4.69) is 0 Å². The summed E-state index contributed by atoms with van der Waals surface area (Å²) in [4.78, 5) is 24.0. The van der Waals surface area contributed by atoms with Crippen molar-refractivity contribution in [3.05, 3.63) is 23.0 Å². The van der Waals surface area contributed by atoms with Gasteiger partial charge in [-0.1, -0.05) is 0 Å². The Hall–Kier alpha value is -2.35. The van der Waals surface area contributed by atoms with Gasteiger partial charge in [-0.05, 0) is 11.6 Å². The number of aliphatic hydroxyl groups excluding tert-OH is 1. The number of amides is 1. The minimum absolute atomic E-state index is 0.0375.